The van der Waals surface area contributed by atoms with Crippen molar-refractivity contribution >= 4 is 33.2 Å². The molecule has 0 aliphatic carbocycles. The van der Waals surface area contributed by atoms with Crippen LogP contribution in [0.3, 0.4) is 0 Å². The number of nitrogens with one attached hydrogen (secondary N) is 1. The molecule has 1 N–H and O–H groups in total. The lowest BCUT2D eigenvalue weighted by Crippen LogP contribution is -2.30. The average molecular weight is 416 g/mol. The van der Waals surface area contributed by atoms with E-state index in [4.69, 9.17) is 27.9 Å². The molecule has 0 aliphatic rings. The minimum absolute atomic E-state index is 0.158. The molecule has 0 aromatic heterocycles. The van der Waals surface area contributed by atoms with Gasteiger partial charge < -0.3 is 4.74 Å². The lowest BCUT2D eigenvalue weighted by molar-refractivity contribution is 0.414. The Morgan fingerprint density at radius 2 is 1.69 bits per heavy atom. The molecule has 0 aliphatic heterocycles. The number of ether oxygens (including phenoxy) is 1. The van der Waals surface area contributed by atoms with Crippen molar-refractivity contribution in [2.75, 3.05) is 7.11 Å². The maximum absolute atomic E-state index is 12.7. The van der Waals surface area contributed by atoms with Crippen LogP contribution in [0.2, 0.25) is 10.0 Å². The zero-order valence-electron chi connectivity index (χ0n) is 15.0. The van der Waals surface area contributed by atoms with Crippen LogP contribution in [-0.2, 0) is 15.8 Å². The van der Waals surface area contributed by atoms with E-state index in [1.165, 1.54) is 0 Å². The quantitative estimate of drug-likeness (QED) is 0.643. The molecule has 26 heavy (non-hydrogen) atoms. The lowest BCUT2D eigenvalue weighted by Gasteiger charge is -2.21. The predicted octanol–water partition coefficient (Wildman–Crippen LogP) is 5.21. The molecular formula is C19H23Cl2NO3S. The van der Waals surface area contributed by atoms with E-state index >= 15 is 0 Å². The summed E-state index contributed by atoms with van der Waals surface area (Å²) in [7, 11) is -1.96. The van der Waals surface area contributed by atoms with Crippen LogP contribution in [0.4, 0.5) is 0 Å². The number of sulfonamides is 1. The SMILES string of the molecule is COc1ccc([C@H](CC(C)C)NS(=O)(=O)Cc2ccc(Cl)c(Cl)c2)cc1. The van der Waals surface area contributed by atoms with Gasteiger partial charge in [-0.05, 0) is 47.7 Å². The Morgan fingerprint density at radius 1 is 1.04 bits per heavy atom. The van der Waals surface area contributed by atoms with Crippen molar-refractivity contribution < 1.29 is 13.2 Å². The molecule has 4 nitrogen and oxygen atoms in total. The molecule has 0 amide bonds. The summed E-state index contributed by atoms with van der Waals surface area (Å²) in [6.07, 6.45) is 0.687. The maximum Gasteiger partial charge on any atom is 0.216 e. The highest BCUT2D eigenvalue weighted by molar-refractivity contribution is 7.88. The first-order chi connectivity index (χ1) is 12.2. The summed E-state index contributed by atoms with van der Waals surface area (Å²) in [5.74, 6) is 0.903. The van der Waals surface area contributed by atoms with Crippen molar-refractivity contribution in [2.45, 2.75) is 32.1 Å². The van der Waals surface area contributed by atoms with Gasteiger partial charge in [0.25, 0.3) is 0 Å². The molecule has 0 bridgehead atoms. The summed E-state index contributed by atoms with van der Waals surface area (Å²) >= 11 is 11.9. The largest absolute Gasteiger partial charge is 0.497 e. The standard InChI is InChI=1S/C19H23Cl2NO3S/c1-13(2)10-19(15-5-7-16(25-3)8-6-15)22-26(23,24)12-14-4-9-17(20)18(21)11-14/h4-9,11,13,19,22H,10,12H2,1-3H3/t19-/m0/s1. The van der Waals surface area contributed by atoms with Gasteiger partial charge in [0, 0.05) is 6.04 Å². The van der Waals surface area contributed by atoms with Gasteiger partial charge >= 0.3 is 0 Å². The van der Waals surface area contributed by atoms with E-state index in [2.05, 4.69) is 18.6 Å². The van der Waals surface area contributed by atoms with E-state index in [1.54, 1.807) is 25.3 Å². The van der Waals surface area contributed by atoms with Gasteiger partial charge in [0.15, 0.2) is 0 Å². The van der Waals surface area contributed by atoms with Gasteiger partial charge in [0.05, 0.1) is 22.9 Å². The van der Waals surface area contributed by atoms with E-state index in [1.807, 2.05) is 24.3 Å². The van der Waals surface area contributed by atoms with Crippen LogP contribution >= 0.6 is 23.2 Å². The summed E-state index contributed by atoms with van der Waals surface area (Å²) in [4.78, 5) is 0. The third-order valence-corrected chi connectivity index (χ3v) is 5.98. The number of methoxy groups -OCH3 is 1. The lowest BCUT2D eigenvalue weighted by atomic mass is 9.98. The van der Waals surface area contributed by atoms with Crippen molar-refractivity contribution in [1.82, 2.24) is 4.72 Å². The van der Waals surface area contributed by atoms with Crippen molar-refractivity contribution in [2.24, 2.45) is 5.92 Å². The zero-order valence-corrected chi connectivity index (χ0v) is 17.3. The Hall–Kier alpha value is -1.27. The Balaban J connectivity index is 2.20. The first kappa shape index (κ1) is 21.0. The van der Waals surface area contributed by atoms with Crippen molar-refractivity contribution in [3.63, 3.8) is 0 Å². The molecule has 0 unspecified atom stereocenters. The molecule has 0 heterocycles. The number of rotatable bonds is 8. The summed E-state index contributed by atoms with van der Waals surface area (Å²) in [5, 5.41) is 0.741. The average Bonchev–Trinajstić information content (AvgIpc) is 2.57. The minimum atomic E-state index is -3.56. The van der Waals surface area contributed by atoms with Crippen LogP contribution in [0.5, 0.6) is 5.75 Å². The fourth-order valence-electron chi connectivity index (χ4n) is 2.67. The second kappa shape index (κ2) is 9.09. The molecule has 0 spiro atoms. The third kappa shape index (κ3) is 6.16. The molecule has 2 aromatic carbocycles. The van der Waals surface area contributed by atoms with Crippen LogP contribution < -0.4 is 9.46 Å². The monoisotopic (exact) mass is 415 g/mol. The van der Waals surface area contributed by atoms with E-state index < -0.39 is 10.0 Å². The maximum atomic E-state index is 12.7. The molecule has 0 saturated carbocycles. The summed E-state index contributed by atoms with van der Waals surface area (Å²) in [6.45, 7) is 4.12. The molecule has 7 heteroatoms. The molecule has 0 saturated heterocycles. The van der Waals surface area contributed by atoms with Crippen LogP contribution in [0.25, 0.3) is 0 Å². The number of hydrogen-bond donors (Lipinski definition) is 1. The zero-order chi connectivity index (χ0) is 19.3. The predicted molar refractivity (Wildman–Crippen MR) is 107 cm³/mol. The van der Waals surface area contributed by atoms with Gasteiger partial charge in [-0.25, -0.2) is 13.1 Å². The van der Waals surface area contributed by atoms with Crippen molar-refractivity contribution in [3.8, 4) is 5.75 Å². The Bertz CT molecular complexity index is 836. The van der Waals surface area contributed by atoms with Gasteiger partial charge in [-0.15, -0.1) is 0 Å². The Labute approximate surface area is 165 Å². The van der Waals surface area contributed by atoms with Gasteiger partial charge in [0.1, 0.15) is 5.75 Å². The highest BCUT2D eigenvalue weighted by atomic mass is 35.5. The van der Waals surface area contributed by atoms with Crippen LogP contribution in [0.1, 0.15) is 37.4 Å². The molecular weight excluding hydrogens is 393 g/mol. The Kier molecular flexibility index (Phi) is 7.35. The molecule has 2 aromatic rings. The summed E-state index contributed by atoms with van der Waals surface area (Å²) in [6, 6.07) is 12.0. The molecule has 2 rings (SSSR count). The fourth-order valence-corrected chi connectivity index (χ4v) is 4.36. The second-order valence-electron chi connectivity index (χ2n) is 6.58. The molecule has 0 fully saturated rings. The fraction of sp³-hybridized carbons (Fsp3) is 0.368. The molecule has 1 atom stereocenters. The number of halogens is 2. The minimum Gasteiger partial charge on any atom is -0.497 e. The van der Waals surface area contributed by atoms with Gasteiger partial charge in [-0.1, -0.05) is 55.2 Å². The highest BCUT2D eigenvalue weighted by Gasteiger charge is 2.21. The van der Waals surface area contributed by atoms with E-state index in [9.17, 15) is 8.42 Å². The first-order valence-corrected chi connectivity index (χ1v) is 10.7. The van der Waals surface area contributed by atoms with E-state index in [0.29, 0.717) is 27.9 Å². The number of benzene rings is 2. The van der Waals surface area contributed by atoms with Crippen LogP contribution in [0.15, 0.2) is 42.5 Å². The number of hydrogen-bond acceptors (Lipinski definition) is 3. The van der Waals surface area contributed by atoms with Crippen LogP contribution in [-0.4, -0.2) is 15.5 Å². The molecule has 142 valence electrons. The van der Waals surface area contributed by atoms with Crippen molar-refractivity contribution in [3.05, 3.63) is 63.6 Å². The summed E-state index contributed by atoms with van der Waals surface area (Å²) in [5.41, 5.74) is 1.49. The second-order valence-corrected chi connectivity index (χ2v) is 9.15. The highest BCUT2D eigenvalue weighted by Crippen LogP contribution is 2.26. The Morgan fingerprint density at radius 3 is 2.23 bits per heavy atom. The van der Waals surface area contributed by atoms with Crippen molar-refractivity contribution in [1.29, 1.82) is 0 Å². The first-order valence-electron chi connectivity index (χ1n) is 8.28. The van der Waals surface area contributed by atoms with E-state index in [0.717, 1.165) is 11.3 Å². The van der Waals surface area contributed by atoms with Crippen LogP contribution in [0, 0.1) is 5.92 Å². The van der Waals surface area contributed by atoms with Gasteiger partial charge in [-0.3, -0.25) is 0 Å². The topological polar surface area (TPSA) is 55.4 Å². The normalized spacial score (nSPS) is 13.0. The molecule has 0 radical (unpaired) electrons. The third-order valence-electron chi connectivity index (χ3n) is 3.89. The summed E-state index contributed by atoms with van der Waals surface area (Å²) < 4.78 is 33.3. The van der Waals surface area contributed by atoms with Gasteiger partial charge in [0.2, 0.25) is 10.0 Å². The van der Waals surface area contributed by atoms with Gasteiger partial charge in [-0.2, -0.15) is 0 Å². The van der Waals surface area contributed by atoms with E-state index in [-0.39, 0.29) is 11.8 Å². The smallest absolute Gasteiger partial charge is 0.216 e.